The minimum absolute atomic E-state index is 0.0606. The first-order chi connectivity index (χ1) is 13.6. The number of amides is 2. The summed E-state index contributed by atoms with van der Waals surface area (Å²) in [7, 11) is 1.53. The lowest BCUT2D eigenvalue weighted by Gasteiger charge is -2.19. The Hall–Kier alpha value is -3.05. The summed E-state index contributed by atoms with van der Waals surface area (Å²) >= 11 is 6.03. The Morgan fingerprint density at radius 2 is 1.93 bits per heavy atom. The molecule has 1 N–H and O–H groups in total. The number of hydrogen-bond acceptors (Lipinski definition) is 3. The van der Waals surface area contributed by atoms with Gasteiger partial charge in [0.15, 0.2) is 0 Å². The first kappa shape index (κ1) is 18.3. The van der Waals surface area contributed by atoms with Gasteiger partial charge in [-0.3, -0.25) is 9.59 Å². The number of ether oxygens (including phenoxy) is 1. The van der Waals surface area contributed by atoms with Crippen LogP contribution in [0, 0.1) is 5.92 Å². The van der Waals surface area contributed by atoms with E-state index in [9.17, 15) is 9.59 Å². The molecule has 1 fully saturated rings. The number of carbonyl (C=O) groups excluding carboxylic acids is 2. The Morgan fingerprint density at radius 3 is 2.75 bits per heavy atom. The molecule has 0 unspecified atom stereocenters. The van der Waals surface area contributed by atoms with Crippen molar-refractivity contribution in [3.8, 4) is 5.75 Å². The molecule has 0 bridgehead atoms. The maximum Gasteiger partial charge on any atom is 0.229 e. The van der Waals surface area contributed by atoms with Gasteiger partial charge >= 0.3 is 0 Å². The molecule has 1 aliphatic heterocycles. The van der Waals surface area contributed by atoms with Crippen molar-refractivity contribution < 1.29 is 14.3 Å². The van der Waals surface area contributed by atoms with Gasteiger partial charge in [0, 0.05) is 23.4 Å². The number of benzene rings is 3. The van der Waals surface area contributed by atoms with E-state index in [2.05, 4.69) is 5.32 Å². The fraction of sp³-hybridized carbons (Fsp3) is 0.182. The lowest BCUT2D eigenvalue weighted by molar-refractivity contribution is -0.122. The molecule has 0 aliphatic carbocycles. The fourth-order valence-corrected chi connectivity index (χ4v) is 3.74. The summed E-state index contributed by atoms with van der Waals surface area (Å²) in [5.41, 5.74) is 1.33. The van der Waals surface area contributed by atoms with Crippen molar-refractivity contribution in [1.29, 1.82) is 0 Å². The number of nitrogens with one attached hydrogen (secondary N) is 1. The number of anilines is 2. The van der Waals surface area contributed by atoms with Crippen molar-refractivity contribution >= 4 is 45.6 Å². The zero-order valence-corrected chi connectivity index (χ0v) is 16.1. The first-order valence-corrected chi connectivity index (χ1v) is 9.37. The third-order valence-corrected chi connectivity index (χ3v) is 5.21. The molecule has 0 aromatic heterocycles. The van der Waals surface area contributed by atoms with Crippen molar-refractivity contribution in [3.63, 3.8) is 0 Å². The standard InChI is InChI=1S/C22H19ClN2O3/c1-28-20-10-9-16(23)12-18(20)24-22(27)15-11-21(26)25(13-15)19-8-4-6-14-5-2-3-7-17(14)19/h2-10,12,15H,11,13H2,1H3,(H,24,27)/t15-/m0/s1. The molecular formula is C22H19ClN2O3. The topological polar surface area (TPSA) is 58.6 Å². The van der Waals surface area contributed by atoms with Crippen LogP contribution < -0.4 is 15.0 Å². The molecule has 2 amide bonds. The summed E-state index contributed by atoms with van der Waals surface area (Å²) in [6.07, 6.45) is 0.165. The van der Waals surface area contributed by atoms with E-state index in [4.69, 9.17) is 16.3 Å². The summed E-state index contributed by atoms with van der Waals surface area (Å²) < 4.78 is 5.27. The van der Waals surface area contributed by atoms with Crippen molar-refractivity contribution in [2.24, 2.45) is 5.92 Å². The van der Waals surface area contributed by atoms with Gasteiger partial charge in [-0.1, -0.05) is 48.0 Å². The molecule has 28 heavy (non-hydrogen) atoms. The number of methoxy groups -OCH3 is 1. The number of nitrogens with zero attached hydrogens (tertiary/aromatic N) is 1. The second-order valence-corrected chi connectivity index (χ2v) is 7.17. The van der Waals surface area contributed by atoms with Crippen molar-refractivity contribution in [1.82, 2.24) is 0 Å². The molecule has 0 spiro atoms. The molecule has 142 valence electrons. The molecule has 3 aromatic rings. The van der Waals surface area contributed by atoms with E-state index in [1.54, 1.807) is 23.1 Å². The number of fused-ring (bicyclic) bond motifs is 1. The molecule has 1 aliphatic rings. The van der Waals surface area contributed by atoms with Gasteiger partial charge in [-0.25, -0.2) is 0 Å². The molecule has 1 heterocycles. The lowest BCUT2D eigenvalue weighted by atomic mass is 10.1. The smallest absolute Gasteiger partial charge is 0.229 e. The Bertz CT molecular complexity index is 1060. The summed E-state index contributed by atoms with van der Waals surface area (Å²) in [6.45, 7) is 0.335. The first-order valence-electron chi connectivity index (χ1n) is 8.99. The molecule has 1 saturated heterocycles. The molecular weight excluding hydrogens is 376 g/mol. The van der Waals surface area contributed by atoms with Gasteiger partial charge in [-0.05, 0) is 29.7 Å². The second-order valence-electron chi connectivity index (χ2n) is 6.74. The van der Waals surface area contributed by atoms with E-state index in [1.165, 1.54) is 7.11 Å². The molecule has 0 radical (unpaired) electrons. The highest BCUT2D eigenvalue weighted by atomic mass is 35.5. The number of rotatable bonds is 4. The van der Waals surface area contributed by atoms with Gasteiger partial charge in [0.05, 0.1) is 24.4 Å². The summed E-state index contributed by atoms with van der Waals surface area (Å²) in [5, 5.41) is 5.40. The van der Waals surface area contributed by atoms with Crippen molar-refractivity contribution in [2.45, 2.75) is 6.42 Å². The summed E-state index contributed by atoms with van der Waals surface area (Å²) in [6, 6.07) is 18.8. The van der Waals surface area contributed by atoms with Crippen LogP contribution in [0.25, 0.3) is 10.8 Å². The Balaban J connectivity index is 1.56. The maximum atomic E-state index is 12.8. The van der Waals surface area contributed by atoms with Gasteiger partial charge in [0.1, 0.15) is 5.75 Å². The highest BCUT2D eigenvalue weighted by Gasteiger charge is 2.36. The third-order valence-electron chi connectivity index (χ3n) is 4.97. The minimum atomic E-state index is -0.449. The van der Waals surface area contributed by atoms with E-state index in [1.807, 2.05) is 42.5 Å². The van der Waals surface area contributed by atoms with Gasteiger partial charge in [0.25, 0.3) is 0 Å². The van der Waals surface area contributed by atoms with Crippen LogP contribution in [0.15, 0.2) is 60.7 Å². The zero-order valence-electron chi connectivity index (χ0n) is 15.3. The fourth-order valence-electron chi connectivity index (χ4n) is 3.57. The van der Waals surface area contributed by atoms with Gasteiger partial charge in [0.2, 0.25) is 11.8 Å². The molecule has 1 atom stereocenters. The van der Waals surface area contributed by atoms with Crippen LogP contribution >= 0.6 is 11.6 Å². The SMILES string of the molecule is COc1ccc(Cl)cc1NC(=O)[C@H]1CC(=O)N(c2cccc3ccccc23)C1. The molecule has 6 heteroatoms. The molecule has 0 saturated carbocycles. The molecule has 3 aromatic carbocycles. The average molecular weight is 395 g/mol. The number of carbonyl (C=O) groups is 2. The van der Waals surface area contributed by atoms with Gasteiger partial charge < -0.3 is 15.0 Å². The maximum absolute atomic E-state index is 12.8. The van der Waals surface area contributed by atoms with E-state index in [-0.39, 0.29) is 18.2 Å². The predicted octanol–water partition coefficient (Wildman–Crippen LogP) is 4.49. The van der Waals surface area contributed by atoms with Crippen LogP contribution in [0.3, 0.4) is 0 Å². The largest absolute Gasteiger partial charge is 0.495 e. The summed E-state index contributed by atoms with van der Waals surface area (Å²) in [4.78, 5) is 27.2. The van der Waals surface area contributed by atoms with Crippen LogP contribution in [-0.2, 0) is 9.59 Å². The Kier molecular flexibility index (Phi) is 4.92. The van der Waals surface area contributed by atoms with Crippen LogP contribution in [0.1, 0.15) is 6.42 Å². The van der Waals surface area contributed by atoms with E-state index in [0.717, 1.165) is 16.5 Å². The number of hydrogen-bond donors (Lipinski definition) is 1. The average Bonchev–Trinajstić information content (AvgIpc) is 3.09. The van der Waals surface area contributed by atoms with Crippen LogP contribution in [0.4, 0.5) is 11.4 Å². The van der Waals surface area contributed by atoms with Crippen molar-refractivity contribution in [3.05, 3.63) is 65.7 Å². The van der Waals surface area contributed by atoms with Crippen LogP contribution in [0.2, 0.25) is 5.02 Å². The second kappa shape index (κ2) is 7.52. The Morgan fingerprint density at radius 1 is 1.14 bits per heavy atom. The van der Waals surface area contributed by atoms with E-state index in [0.29, 0.717) is 23.0 Å². The molecule has 4 rings (SSSR count). The van der Waals surface area contributed by atoms with Crippen molar-refractivity contribution in [2.75, 3.05) is 23.9 Å². The van der Waals surface area contributed by atoms with Gasteiger partial charge in [-0.15, -0.1) is 0 Å². The Labute approximate surface area is 167 Å². The highest BCUT2D eigenvalue weighted by Crippen LogP contribution is 2.33. The van der Waals surface area contributed by atoms with Crippen LogP contribution in [0.5, 0.6) is 5.75 Å². The minimum Gasteiger partial charge on any atom is -0.495 e. The highest BCUT2D eigenvalue weighted by molar-refractivity contribution is 6.31. The third kappa shape index (κ3) is 3.41. The van der Waals surface area contributed by atoms with E-state index < -0.39 is 5.92 Å². The summed E-state index contributed by atoms with van der Waals surface area (Å²) in [5.74, 6) is -0.214. The monoisotopic (exact) mass is 394 g/mol. The van der Waals surface area contributed by atoms with Crippen LogP contribution in [-0.4, -0.2) is 25.5 Å². The zero-order chi connectivity index (χ0) is 19.7. The quantitative estimate of drug-likeness (QED) is 0.709. The lowest BCUT2D eigenvalue weighted by Crippen LogP contribution is -2.28. The van der Waals surface area contributed by atoms with E-state index >= 15 is 0 Å². The van der Waals surface area contributed by atoms with Gasteiger partial charge in [-0.2, -0.15) is 0 Å². The normalized spacial score (nSPS) is 16.4. The molecule has 5 nitrogen and oxygen atoms in total. The predicted molar refractivity (Wildman–Crippen MR) is 111 cm³/mol. The number of halogens is 1.